The molecule has 0 unspecified atom stereocenters. The average molecular weight is 372 g/mol. The third-order valence-electron chi connectivity index (χ3n) is 5.13. The molecule has 0 radical (unpaired) electrons. The molecule has 26 heavy (non-hydrogen) atoms. The van der Waals surface area contributed by atoms with E-state index in [1.807, 2.05) is 18.2 Å². The van der Waals surface area contributed by atoms with Gasteiger partial charge in [-0.15, -0.1) is 0 Å². The van der Waals surface area contributed by atoms with Crippen LogP contribution in [0.3, 0.4) is 0 Å². The molecule has 2 aliphatic heterocycles. The van der Waals surface area contributed by atoms with Crippen molar-refractivity contribution >= 4 is 17.3 Å². The Balaban J connectivity index is 1.68. The van der Waals surface area contributed by atoms with Gasteiger partial charge >= 0.3 is 0 Å². The van der Waals surface area contributed by atoms with Gasteiger partial charge in [0.15, 0.2) is 5.11 Å². The maximum absolute atomic E-state index is 9.54. The van der Waals surface area contributed by atoms with Crippen molar-refractivity contribution in [3.05, 3.63) is 54.1 Å². The van der Waals surface area contributed by atoms with Crippen LogP contribution in [0.5, 0.6) is 0 Å². The number of hydrogen-bond donors (Lipinski definition) is 2. The van der Waals surface area contributed by atoms with Gasteiger partial charge in [-0.25, -0.2) is 0 Å². The second-order valence-electron chi connectivity index (χ2n) is 6.76. The lowest BCUT2D eigenvalue weighted by Gasteiger charge is -2.28. The summed E-state index contributed by atoms with van der Waals surface area (Å²) in [6, 6.07) is 10.1. The largest absolute Gasteiger partial charge is 0.395 e. The molecule has 4 rings (SSSR count). The molecule has 3 atom stereocenters. The van der Waals surface area contributed by atoms with Gasteiger partial charge in [0.2, 0.25) is 0 Å². The number of thiocarbonyl (C=S) groups is 1. The number of nitrogens with zero attached hydrogens (tertiary/aromatic N) is 3. The lowest BCUT2D eigenvalue weighted by Crippen LogP contribution is -2.33. The van der Waals surface area contributed by atoms with Crippen molar-refractivity contribution in [1.82, 2.24) is 19.8 Å². The Bertz CT molecular complexity index is 745. The summed E-state index contributed by atoms with van der Waals surface area (Å²) in [5, 5.41) is 13.6. The van der Waals surface area contributed by atoms with Gasteiger partial charge < -0.3 is 24.6 Å². The molecule has 2 aliphatic rings. The zero-order valence-corrected chi connectivity index (χ0v) is 15.4. The van der Waals surface area contributed by atoms with E-state index in [1.165, 1.54) is 0 Å². The molecule has 6 nitrogen and oxygen atoms in total. The molecule has 2 aromatic rings. The first-order chi connectivity index (χ1) is 12.8. The first-order valence-corrected chi connectivity index (χ1v) is 9.54. The topological polar surface area (TPSA) is 62.5 Å². The van der Waals surface area contributed by atoms with Crippen molar-refractivity contribution in [2.75, 3.05) is 19.8 Å². The van der Waals surface area contributed by atoms with E-state index in [0.717, 1.165) is 37.4 Å². The van der Waals surface area contributed by atoms with Crippen LogP contribution in [0.15, 0.2) is 42.7 Å². The van der Waals surface area contributed by atoms with Crippen molar-refractivity contribution in [3.8, 4) is 0 Å². The highest BCUT2D eigenvalue weighted by Crippen LogP contribution is 2.38. The molecule has 2 fully saturated rings. The predicted octanol–water partition coefficient (Wildman–Crippen LogP) is 2.03. The van der Waals surface area contributed by atoms with Crippen LogP contribution < -0.4 is 5.32 Å². The molecule has 7 heteroatoms. The van der Waals surface area contributed by atoms with E-state index in [-0.39, 0.29) is 24.8 Å². The van der Waals surface area contributed by atoms with E-state index < -0.39 is 0 Å². The molecular weight excluding hydrogens is 348 g/mol. The normalized spacial score (nSPS) is 25.7. The van der Waals surface area contributed by atoms with Gasteiger partial charge in [0, 0.05) is 37.8 Å². The molecule has 2 aromatic heterocycles. The highest BCUT2D eigenvalue weighted by Gasteiger charge is 2.40. The van der Waals surface area contributed by atoms with Crippen LogP contribution in [0.2, 0.25) is 0 Å². The van der Waals surface area contributed by atoms with Crippen LogP contribution in [-0.2, 0) is 11.3 Å². The summed E-state index contributed by atoms with van der Waals surface area (Å²) >= 11 is 5.56. The number of aliphatic hydroxyl groups excluding tert-OH is 1. The summed E-state index contributed by atoms with van der Waals surface area (Å²) in [5.74, 6) is 0. The molecule has 0 spiro atoms. The van der Waals surface area contributed by atoms with Crippen LogP contribution in [0, 0.1) is 0 Å². The minimum Gasteiger partial charge on any atom is -0.395 e. The fourth-order valence-corrected chi connectivity index (χ4v) is 4.28. The number of rotatable bonds is 6. The van der Waals surface area contributed by atoms with Gasteiger partial charge in [0.1, 0.15) is 0 Å². The van der Waals surface area contributed by atoms with Gasteiger partial charge in [0.25, 0.3) is 0 Å². The van der Waals surface area contributed by atoms with Crippen LogP contribution in [0.1, 0.15) is 36.3 Å². The number of β-amino-alcohol motifs (C(OH)–C–C–N with tert-alkyl or cyclic N) is 1. The van der Waals surface area contributed by atoms with E-state index in [0.29, 0.717) is 11.7 Å². The molecule has 0 amide bonds. The molecule has 0 bridgehead atoms. The first-order valence-electron chi connectivity index (χ1n) is 9.13. The van der Waals surface area contributed by atoms with Gasteiger partial charge in [-0.3, -0.25) is 4.98 Å². The van der Waals surface area contributed by atoms with Gasteiger partial charge in [-0.2, -0.15) is 0 Å². The van der Waals surface area contributed by atoms with Crippen LogP contribution in [0.4, 0.5) is 0 Å². The van der Waals surface area contributed by atoms with Gasteiger partial charge in [0.05, 0.1) is 30.5 Å². The Morgan fingerprint density at radius 3 is 2.96 bits per heavy atom. The predicted molar refractivity (Wildman–Crippen MR) is 103 cm³/mol. The second kappa shape index (κ2) is 7.73. The van der Waals surface area contributed by atoms with Gasteiger partial charge in [-0.05, 0) is 49.3 Å². The minimum absolute atomic E-state index is 0.0130. The standard InChI is InChI=1S/C19H24N4O2S/c24-11-10-23-18(17(21-19(23)26)15-6-1-2-8-20-15)16-7-3-9-22(16)13-14-5-4-12-25-14/h1-3,6-9,14,17-18,24H,4-5,10-13H2,(H,21,26)/t14-,17-,18-/m1/s1. The Morgan fingerprint density at radius 2 is 2.23 bits per heavy atom. The van der Waals surface area contributed by atoms with E-state index in [1.54, 1.807) is 6.20 Å². The molecule has 0 aromatic carbocycles. The summed E-state index contributed by atoms with van der Waals surface area (Å²) in [6.07, 6.45) is 6.40. The Kier molecular flexibility index (Phi) is 5.19. The zero-order valence-electron chi connectivity index (χ0n) is 14.6. The van der Waals surface area contributed by atoms with Crippen molar-refractivity contribution in [2.45, 2.75) is 37.6 Å². The van der Waals surface area contributed by atoms with Crippen molar-refractivity contribution in [3.63, 3.8) is 0 Å². The van der Waals surface area contributed by atoms with Crippen molar-refractivity contribution in [1.29, 1.82) is 0 Å². The maximum atomic E-state index is 9.54. The van der Waals surface area contributed by atoms with Crippen molar-refractivity contribution in [2.24, 2.45) is 0 Å². The summed E-state index contributed by atoms with van der Waals surface area (Å²) < 4.78 is 8.08. The number of aromatic nitrogens is 2. The molecule has 0 aliphatic carbocycles. The van der Waals surface area contributed by atoms with Crippen LogP contribution in [-0.4, -0.2) is 50.5 Å². The quantitative estimate of drug-likeness (QED) is 0.757. The number of pyridine rings is 1. The average Bonchev–Trinajstić information content (AvgIpc) is 3.39. The summed E-state index contributed by atoms with van der Waals surface area (Å²) in [4.78, 5) is 6.60. The Hall–Kier alpha value is -1.96. The highest BCUT2D eigenvalue weighted by atomic mass is 32.1. The van der Waals surface area contributed by atoms with E-state index >= 15 is 0 Å². The summed E-state index contributed by atoms with van der Waals surface area (Å²) in [7, 11) is 0. The highest BCUT2D eigenvalue weighted by molar-refractivity contribution is 7.80. The second-order valence-corrected chi connectivity index (χ2v) is 7.15. The molecule has 0 saturated carbocycles. The third kappa shape index (κ3) is 3.34. The molecule has 138 valence electrons. The minimum atomic E-state index is -0.0478. The number of ether oxygens (including phenoxy) is 1. The Labute approximate surface area is 158 Å². The van der Waals surface area contributed by atoms with Crippen LogP contribution >= 0.6 is 12.2 Å². The van der Waals surface area contributed by atoms with Crippen LogP contribution in [0.25, 0.3) is 0 Å². The fraction of sp³-hybridized carbons (Fsp3) is 0.474. The molecule has 2 saturated heterocycles. The van der Waals surface area contributed by atoms with E-state index in [4.69, 9.17) is 17.0 Å². The van der Waals surface area contributed by atoms with Crippen molar-refractivity contribution < 1.29 is 9.84 Å². The third-order valence-corrected chi connectivity index (χ3v) is 5.48. The summed E-state index contributed by atoms with van der Waals surface area (Å²) in [6.45, 7) is 2.24. The fourth-order valence-electron chi connectivity index (χ4n) is 3.95. The number of aliphatic hydroxyl groups is 1. The lowest BCUT2D eigenvalue weighted by atomic mass is 10.0. The molecule has 2 N–H and O–H groups in total. The number of nitrogens with one attached hydrogen (secondary N) is 1. The molecule has 4 heterocycles. The zero-order chi connectivity index (χ0) is 17.9. The van der Waals surface area contributed by atoms with Gasteiger partial charge in [-0.1, -0.05) is 6.07 Å². The first kappa shape index (κ1) is 17.5. The number of hydrogen-bond acceptors (Lipinski definition) is 4. The summed E-state index contributed by atoms with van der Waals surface area (Å²) in [5.41, 5.74) is 2.11. The Morgan fingerprint density at radius 1 is 1.31 bits per heavy atom. The van der Waals surface area contributed by atoms with E-state index in [9.17, 15) is 5.11 Å². The maximum Gasteiger partial charge on any atom is 0.170 e. The smallest absolute Gasteiger partial charge is 0.170 e. The lowest BCUT2D eigenvalue weighted by molar-refractivity contribution is 0.0951. The van der Waals surface area contributed by atoms with E-state index in [2.05, 4.69) is 38.1 Å². The monoisotopic (exact) mass is 372 g/mol. The molecular formula is C19H24N4O2S. The SMILES string of the molecule is OCCN1C(=S)N[C@H](c2ccccn2)[C@H]1c1cccn1C[C@H]1CCCO1.